The third-order valence-electron chi connectivity index (χ3n) is 3.66. The van der Waals surface area contributed by atoms with Crippen molar-refractivity contribution in [3.63, 3.8) is 0 Å². The highest BCUT2D eigenvalue weighted by Gasteiger charge is 2.28. The number of aromatic nitrogens is 1. The van der Waals surface area contributed by atoms with Crippen LogP contribution < -0.4 is 10.6 Å². The lowest BCUT2D eigenvalue weighted by Crippen LogP contribution is -2.27. The van der Waals surface area contributed by atoms with E-state index in [0.717, 1.165) is 24.7 Å². The van der Waals surface area contributed by atoms with Crippen molar-refractivity contribution in [2.45, 2.75) is 58.0 Å². The fourth-order valence-corrected chi connectivity index (χ4v) is 2.23. The zero-order valence-corrected chi connectivity index (χ0v) is 11.6. The fourth-order valence-electron chi connectivity index (χ4n) is 2.23. The Morgan fingerprint density at radius 3 is 2.67 bits per heavy atom. The van der Waals surface area contributed by atoms with E-state index in [9.17, 15) is 0 Å². The van der Waals surface area contributed by atoms with Crippen LogP contribution in [0.1, 0.15) is 57.7 Å². The first kappa shape index (κ1) is 13.3. The topological polar surface area (TPSA) is 42.1 Å². The quantitative estimate of drug-likeness (QED) is 0.804. The Labute approximate surface area is 110 Å². The smallest absolute Gasteiger partial charge is 0.0572 e. The molecule has 100 valence electrons. The average molecular weight is 247 g/mol. The van der Waals surface area contributed by atoms with Crippen LogP contribution in [-0.4, -0.2) is 17.6 Å². The summed E-state index contributed by atoms with van der Waals surface area (Å²) in [6.45, 7) is 5.49. The number of pyridine rings is 1. The first-order chi connectivity index (χ1) is 8.76. The van der Waals surface area contributed by atoms with Crippen molar-refractivity contribution in [1.29, 1.82) is 0 Å². The minimum absolute atomic E-state index is 0.0732. The van der Waals surface area contributed by atoms with E-state index in [1.54, 1.807) is 0 Å². The summed E-state index contributed by atoms with van der Waals surface area (Å²) in [5.41, 5.74) is 8.27. The van der Waals surface area contributed by atoms with Gasteiger partial charge in [0.05, 0.1) is 17.6 Å². The summed E-state index contributed by atoms with van der Waals surface area (Å²) < 4.78 is 0. The number of hydrogen-bond donors (Lipinski definition) is 1. The molecule has 18 heavy (non-hydrogen) atoms. The fraction of sp³-hybridized carbons (Fsp3) is 0.667. The molecule has 0 radical (unpaired) electrons. The summed E-state index contributed by atoms with van der Waals surface area (Å²) in [5.74, 6) is 0. The van der Waals surface area contributed by atoms with E-state index >= 15 is 0 Å². The van der Waals surface area contributed by atoms with Gasteiger partial charge < -0.3 is 10.6 Å². The molecule has 1 fully saturated rings. The van der Waals surface area contributed by atoms with Crippen LogP contribution in [0.3, 0.4) is 0 Å². The highest BCUT2D eigenvalue weighted by Crippen LogP contribution is 2.31. The first-order valence-electron chi connectivity index (χ1n) is 7.24. The molecule has 1 aliphatic rings. The lowest BCUT2D eigenvalue weighted by Gasteiger charge is -2.24. The molecule has 1 heterocycles. The molecule has 3 nitrogen and oxygen atoms in total. The van der Waals surface area contributed by atoms with Gasteiger partial charge in [-0.3, -0.25) is 4.98 Å². The van der Waals surface area contributed by atoms with Crippen LogP contribution in [0.5, 0.6) is 0 Å². The molecule has 2 rings (SSSR count). The molecule has 3 heteroatoms. The van der Waals surface area contributed by atoms with Crippen LogP contribution in [0.25, 0.3) is 0 Å². The largest absolute Gasteiger partial charge is 0.367 e. The van der Waals surface area contributed by atoms with Crippen LogP contribution in [0.15, 0.2) is 18.3 Å². The van der Waals surface area contributed by atoms with Crippen molar-refractivity contribution in [3.8, 4) is 0 Å². The monoisotopic (exact) mass is 247 g/mol. The summed E-state index contributed by atoms with van der Waals surface area (Å²) in [5, 5.41) is 0. The third-order valence-corrected chi connectivity index (χ3v) is 3.66. The molecule has 1 aliphatic carbocycles. The second-order valence-electron chi connectivity index (χ2n) is 5.23. The molecule has 1 atom stereocenters. The van der Waals surface area contributed by atoms with Crippen LogP contribution >= 0.6 is 0 Å². The van der Waals surface area contributed by atoms with Crippen LogP contribution in [-0.2, 0) is 0 Å². The zero-order chi connectivity index (χ0) is 13.0. The lowest BCUT2D eigenvalue weighted by atomic mass is 10.1. The highest BCUT2D eigenvalue weighted by atomic mass is 15.2. The van der Waals surface area contributed by atoms with Gasteiger partial charge in [-0.15, -0.1) is 0 Å². The maximum absolute atomic E-state index is 6.00. The maximum atomic E-state index is 6.00. The zero-order valence-electron chi connectivity index (χ0n) is 11.6. The average Bonchev–Trinajstić information content (AvgIpc) is 3.24. The normalized spacial score (nSPS) is 16.6. The Hall–Kier alpha value is -1.09. The number of hydrogen-bond acceptors (Lipinski definition) is 3. The van der Waals surface area contributed by atoms with Gasteiger partial charge in [-0.25, -0.2) is 0 Å². The maximum Gasteiger partial charge on any atom is 0.0572 e. The second-order valence-corrected chi connectivity index (χ2v) is 5.23. The van der Waals surface area contributed by atoms with E-state index in [1.165, 1.54) is 31.4 Å². The summed E-state index contributed by atoms with van der Waals surface area (Å²) in [6.07, 6.45) is 8.11. The van der Waals surface area contributed by atoms with E-state index in [0.29, 0.717) is 0 Å². The molecule has 0 amide bonds. The van der Waals surface area contributed by atoms with Gasteiger partial charge >= 0.3 is 0 Å². The van der Waals surface area contributed by atoms with Gasteiger partial charge in [0.2, 0.25) is 0 Å². The number of unbranched alkanes of at least 4 members (excludes halogenated alkanes) is 1. The second kappa shape index (κ2) is 6.19. The van der Waals surface area contributed by atoms with Gasteiger partial charge in [0.1, 0.15) is 0 Å². The molecule has 2 N–H and O–H groups in total. The minimum Gasteiger partial charge on any atom is -0.367 e. The third kappa shape index (κ3) is 3.22. The summed E-state index contributed by atoms with van der Waals surface area (Å²) in [4.78, 5) is 7.03. The SMILES string of the molecule is CCCCN(c1ccc([C@H](N)CC)nc1)C1CC1. The Balaban J connectivity index is 2.05. The Morgan fingerprint density at radius 1 is 1.39 bits per heavy atom. The molecule has 0 aliphatic heterocycles. The summed E-state index contributed by atoms with van der Waals surface area (Å²) >= 11 is 0. The molecule has 0 unspecified atom stereocenters. The predicted molar refractivity (Wildman–Crippen MR) is 76.7 cm³/mol. The van der Waals surface area contributed by atoms with E-state index in [1.807, 2.05) is 6.20 Å². The van der Waals surface area contributed by atoms with Crippen LogP contribution in [0.4, 0.5) is 5.69 Å². The summed E-state index contributed by atoms with van der Waals surface area (Å²) in [6, 6.07) is 5.10. The van der Waals surface area contributed by atoms with Crippen molar-refractivity contribution in [1.82, 2.24) is 4.98 Å². The Bertz CT molecular complexity index is 357. The molecule has 1 aromatic rings. The van der Waals surface area contributed by atoms with Crippen LogP contribution in [0.2, 0.25) is 0 Å². The molecule has 0 saturated heterocycles. The van der Waals surface area contributed by atoms with Gasteiger partial charge in [-0.05, 0) is 37.8 Å². The highest BCUT2D eigenvalue weighted by molar-refractivity contribution is 5.47. The lowest BCUT2D eigenvalue weighted by molar-refractivity contribution is 0.672. The number of rotatable bonds is 7. The first-order valence-corrected chi connectivity index (χ1v) is 7.24. The standard InChI is InChI=1S/C15H25N3/c1-3-5-10-18(12-6-7-12)13-8-9-15(17-11-13)14(16)4-2/h8-9,11-12,14H,3-7,10,16H2,1-2H3/t14-/m1/s1. The van der Waals surface area contributed by atoms with Gasteiger partial charge in [0.25, 0.3) is 0 Å². The number of anilines is 1. The Kier molecular flexibility index (Phi) is 4.59. The van der Waals surface area contributed by atoms with Crippen LogP contribution in [0, 0.1) is 0 Å². The van der Waals surface area contributed by atoms with E-state index in [2.05, 4.69) is 35.9 Å². The van der Waals surface area contributed by atoms with E-state index in [-0.39, 0.29) is 6.04 Å². The molecule has 0 aromatic carbocycles. The number of nitrogens with zero attached hydrogens (tertiary/aromatic N) is 2. The molecule has 0 spiro atoms. The predicted octanol–water partition coefficient (Wildman–Crippen LogP) is 3.26. The molecular weight excluding hydrogens is 222 g/mol. The van der Waals surface area contributed by atoms with Crippen molar-refractivity contribution < 1.29 is 0 Å². The molecule has 0 bridgehead atoms. The minimum atomic E-state index is 0.0732. The molecule has 1 aromatic heterocycles. The summed E-state index contributed by atoms with van der Waals surface area (Å²) in [7, 11) is 0. The van der Waals surface area contributed by atoms with Gasteiger partial charge in [0, 0.05) is 18.6 Å². The molecular formula is C15H25N3. The van der Waals surface area contributed by atoms with Crippen molar-refractivity contribution in [2.24, 2.45) is 5.73 Å². The number of nitrogens with two attached hydrogens (primary N) is 1. The van der Waals surface area contributed by atoms with E-state index in [4.69, 9.17) is 5.73 Å². The Morgan fingerprint density at radius 2 is 2.17 bits per heavy atom. The van der Waals surface area contributed by atoms with Crippen molar-refractivity contribution >= 4 is 5.69 Å². The van der Waals surface area contributed by atoms with Crippen molar-refractivity contribution in [3.05, 3.63) is 24.0 Å². The molecule has 1 saturated carbocycles. The van der Waals surface area contributed by atoms with Gasteiger partial charge in [-0.1, -0.05) is 20.3 Å². The van der Waals surface area contributed by atoms with Gasteiger partial charge in [-0.2, -0.15) is 0 Å². The van der Waals surface area contributed by atoms with E-state index < -0.39 is 0 Å². The van der Waals surface area contributed by atoms with Gasteiger partial charge in [0.15, 0.2) is 0 Å². The van der Waals surface area contributed by atoms with Crippen molar-refractivity contribution in [2.75, 3.05) is 11.4 Å².